The Labute approximate surface area is 104 Å². The Morgan fingerprint density at radius 3 is 2.83 bits per heavy atom. The van der Waals surface area contributed by atoms with Crippen LogP contribution in [0.15, 0.2) is 29.4 Å². The molecule has 0 atom stereocenters. The van der Waals surface area contributed by atoms with Crippen LogP contribution in [0.5, 0.6) is 0 Å². The fourth-order valence-electron chi connectivity index (χ4n) is 2.92. The van der Waals surface area contributed by atoms with Crippen LogP contribution in [0.25, 0.3) is 10.9 Å². The number of aliphatic imine (C=N–C) groups is 1. The van der Waals surface area contributed by atoms with Crippen LogP contribution in [0.3, 0.4) is 0 Å². The molecular weight excluding hydrogens is 231 g/mol. The summed E-state index contributed by atoms with van der Waals surface area (Å²) in [5, 5.41) is 0.833. The summed E-state index contributed by atoms with van der Waals surface area (Å²) in [5.74, 6) is -0.289. The first kappa shape index (κ1) is 11.2. The molecule has 3 nitrogen and oxygen atoms in total. The number of carbonyl (C=O) groups excluding carboxylic acids is 1. The molecule has 18 heavy (non-hydrogen) atoms. The molecule has 1 aliphatic carbocycles. The fraction of sp³-hybridized carbons (Fsp3) is 0.357. The van der Waals surface area contributed by atoms with Crippen molar-refractivity contribution in [3.05, 3.63) is 35.8 Å². The maximum atomic E-state index is 14.2. The van der Waals surface area contributed by atoms with Crippen LogP contribution in [0.2, 0.25) is 0 Å². The average Bonchev–Trinajstić information content (AvgIpc) is 2.97. The van der Waals surface area contributed by atoms with Gasteiger partial charge in [0.05, 0.1) is 0 Å². The van der Waals surface area contributed by atoms with Crippen LogP contribution < -0.4 is 0 Å². The molecule has 1 N–H and O–H groups in total. The molecule has 0 aliphatic heterocycles. The Hall–Kier alpha value is -1.93. The summed E-state index contributed by atoms with van der Waals surface area (Å²) >= 11 is 0. The van der Waals surface area contributed by atoms with Crippen molar-refractivity contribution >= 4 is 17.0 Å². The molecule has 1 aromatic heterocycles. The third-order valence-corrected chi connectivity index (χ3v) is 3.83. The quantitative estimate of drug-likeness (QED) is 0.638. The Morgan fingerprint density at radius 2 is 2.11 bits per heavy atom. The highest BCUT2D eigenvalue weighted by Crippen LogP contribution is 2.43. The minimum Gasteiger partial charge on any atom is -0.361 e. The van der Waals surface area contributed by atoms with E-state index in [0.29, 0.717) is 18.4 Å². The first-order valence-electron chi connectivity index (χ1n) is 6.11. The maximum Gasteiger partial charge on any atom is 0.235 e. The summed E-state index contributed by atoms with van der Waals surface area (Å²) < 4.78 is 14.2. The summed E-state index contributed by atoms with van der Waals surface area (Å²) in [6, 6.07) is 5.10. The normalized spacial score (nSPS) is 17.8. The largest absolute Gasteiger partial charge is 0.361 e. The molecule has 92 valence electrons. The Kier molecular flexibility index (Phi) is 2.53. The van der Waals surface area contributed by atoms with Gasteiger partial charge in [0, 0.05) is 22.7 Å². The van der Waals surface area contributed by atoms with E-state index < -0.39 is 5.54 Å². The smallest absolute Gasteiger partial charge is 0.235 e. The molecule has 0 bridgehead atoms. The van der Waals surface area contributed by atoms with Crippen LogP contribution in [0.1, 0.15) is 31.2 Å². The van der Waals surface area contributed by atoms with Crippen molar-refractivity contribution in [2.75, 3.05) is 0 Å². The van der Waals surface area contributed by atoms with Crippen LogP contribution in [0, 0.1) is 5.82 Å². The van der Waals surface area contributed by atoms with Crippen molar-refractivity contribution in [3.8, 4) is 0 Å². The number of benzene rings is 1. The van der Waals surface area contributed by atoms with E-state index in [2.05, 4.69) is 9.98 Å². The third kappa shape index (κ3) is 1.57. The Balaban J connectivity index is 2.22. The summed E-state index contributed by atoms with van der Waals surface area (Å²) in [5.41, 5.74) is 0.683. The number of fused-ring (bicyclic) bond motifs is 1. The van der Waals surface area contributed by atoms with Gasteiger partial charge in [-0.05, 0) is 31.0 Å². The first-order valence-corrected chi connectivity index (χ1v) is 6.11. The minimum absolute atomic E-state index is 0.289. The second kappa shape index (κ2) is 4.07. The van der Waals surface area contributed by atoms with E-state index in [1.165, 1.54) is 6.07 Å². The number of isocyanates is 1. The number of H-pyrrole nitrogens is 1. The molecule has 0 spiro atoms. The van der Waals surface area contributed by atoms with E-state index in [0.717, 1.165) is 23.7 Å². The van der Waals surface area contributed by atoms with Gasteiger partial charge in [0.2, 0.25) is 6.08 Å². The van der Waals surface area contributed by atoms with E-state index in [9.17, 15) is 9.18 Å². The molecule has 1 aliphatic rings. The van der Waals surface area contributed by atoms with Gasteiger partial charge >= 0.3 is 0 Å². The maximum absolute atomic E-state index is 14.2. The summed E-state index contributed by atoms with van der Waals surface area (Å²) in [6.07, 6.45) is 6.75. The standard InChI is InChI=1S/C14H13FN2O/c15-12-7-10-3-6-16-13(10)8-11(12)14(17-9-18)4-1-2-5-14/h3,6-8,16H,1-2,4-5H2. The number of nitrogens with one attached hydrogen (secondary N) is 1. The van der Waals surface area contributed by atoms with Gasteiger partial charge in [0.25, 0.3) is 0 Å². The topological polar surface area (TPSA) is 45.2 Å². The van der Waals surface area contributed by atoms with E-state index >= 15 is 0 Å². The number of rotatable bonds is 2. The molecular formula is C14H13FN2O. The van der Waals surface area contributed by atoms with E-state index in [-0.39, 0.29) is 5.82 Å². The highest BCUT2D eigenvalue weighted by Gasteiger charge is 2.38. The summed E-state index contributed by atoms with van der Waals surface area (Å²) in [4.78, 5) is 17.6. The number of hydrogen-bond acceptors (Lipinski definition) is 2. The van der Waals surface area contributed by atoms with Crippen molar-refractivity contribution in [2.45, 2.75) is 31.2 Å². The lowest BCUT2D eigenvalue weighted by Gasteiger charge is -2.23. The lowest BCUT2D eigenvalue weighted by atomic mass is 9.88. The number of aromatic amines is 1. The zero-order chi connectivity index (χ0) is 12.6. The van der Waals surface area contributed by atoms with Crippen molar-refractivity contribution in [1.82, 2.24) is 4.98 Å². The number of aromatic nitrogens is 1. The predicted octanol–water partition coefficient (Wildman–Crippen LogP) is 3.41. The first-order chi connectivity index (χ1) is 8.75. The van der Waals surface area contributed by atoms with Gasteiger partial charge < -0.3 is 4.98 Å². The van der Waals surface area contributed by atoms with Crippen LogP contribution in [-0.2, 0) is 10.3 Å². The predicted molar refractivity (Wildman–Crippen MR) is 66.5 cm³/mol. The lowest BCUT2D eigenvalue weighted by molar-refractivity contribution is 0.431. The van der Waals surface area contributed by atoms with E-state index in [4.69, 9.17) is 0 Å². The fourth-order valence-corrected chi connectivity index (χ4v) is 2.92. The van der Waals surface area contributed by atoms with Gasteiger partial charge in [-0.15, -0.1) is 0 Å². The molecule has 0 unspecified atom stereocenters. The highest BCUT2D eigenvalue weighted by atomic mass is 19.1. The van der Waals surface area contributed by atoms with Crippen molar-refractivity contribution in [1.29, 1.82) is 0 Å². The van der Waals surface area contributed by atoms with E-state index in [1.54, 1.807) is 18.3 Å². The molecule has 0 radical (unpaired) electrons. The second-order valence-electron chi connectivity index (χ2n) is 4.84. The van der Waals surface area contributed by atoms with Gasteiger partial charge in [0.1, 0.15) is 11.4 Å². The average molecular weight is 244 g/mol. The molecule has 1 heterocycles. The second-order valence-corrected chi connectivity index (χ2v) is 4.84. The summed E-state index contributed by atoms with van der Waals surface area (Å²) in [7, 11) is 0. The lowest BCUT2D eigenvalue weighted by Crippen LogP contribution is -2.20. The van der Waals surface area contributed by atoms with Crippen molar-refractivity contribution < 1.29 is 9.18 Å². The highest BCUT2D eigenvalue weighted by molar-refractivity contribution is 5.80. The van der Waals surface area contributed by atoms with Gasteiger partial charge in [0.15, 0.2) is 0 Å². The van der Waals surface area contributed by atoms with Gasteiger partial charge in [-0.1, -0.05) is 12.8 Å². The number of hydrogen-bond donors (Lipinski definition) is 1. The van der Waals surface area contributed by atoms with Crippen LogP contribution >= 0.6 is 0 Å². The zero-order valence-corrected chi connectivity index (χ0v) is 9.87. The van der Waals surface area contributed by atoms with Crippen LogP contribution in [-0.4, -0.2) is 11.1 Å². The molecule has 3 rings (SSSR count). The molecule has 0 amide bonds. The van der Waals surface area contributed by atoms with Gasteiger partial charge in [-0.25, -0.2) is 9.18 Å². The molecule has 1 aromatic carbocycles. The van der Waals surface area contributed by atoms with Crippen molar-refractivity contribution in [3.63, 3.8) is 0 Å². The molecule has 4 heteroatoms. The third-order valence-electron chi connectivity index (χ3n) is 3.83. The zero-order valence-electron chi connectivity index (χ0n) is 9.87. The summed E-state index contributed by atoms with van der Waals surface area (Å²) in [6.45, 7) is 0. The monoisotopic (exact) mass is 244 g/mol. The Morgan fingerprint density at radius 1 is 1.33 bits per heavy atom. The number of halogens is 1. The molecule has 2 aromatic rings. The number of nitrogens with zero attached hydrogens (tertiary/aromatic N) is 1. The van der Waals surface area contributed by atoms with Crippen molar-refractivity contribution in [2.24, 2.45) is 4.99 Å². The van der Waals surface area contributed by atoms with Gasteiger partial charge in [-0.3, -0.25) is 0 Å². The Bertz CT molecular complexity index is 634. The van der Waals surface area contributed by atoms with Gasteiger partial charge in [-0.2, -0.15) is 4.99 Å². The van der Waals surface area contributed by atoms with Crippen LogP contribution in [0.4, 0.5) is 4.39 Å². The molecule has 1 saturated carbocycles. The molecule has 0 saturated heterocycles. The SMILES string of the molecule is O=C=NC1(c2cc3[nH]ccc3cc2F)CCCC1. The molecule has 1 fully saturated rings. The minimum atomic E-state index is -0.703. The van der Waals surface area contributed by atoms with E-state index in [1.807, 2.05) is 6.07 Å².